The van der Waals surface area contributed by atoms with Crippen molar-refractivity contribution in [3.05, 3.63) is 181 Å². The SMILES string of the molecule is CC1(C)c2ccccc2-c2c(-c3nc(-c4cccc(-c5cccc6sc7ccccc7c56)c4)nc(-c4ccc(-c5cccc6cccnc56)cc4)[nH+]3)cccc21. The van der Waals surface area contributed by atoms with Crippen molar-refractivity contribution in [1.29, 1.82) is 0 Å². The number of aromatic nitrogens is 4. The van der Waals surface area contributed by atoms with E-state index >= 15 is 0 Å². The van der Waals surface area contributed by atoms with E-state index in [-0.39, 0.29) is 5.41 Å². The van der Waals surface area contributed by atoms with Crippen LogP contribution in [0.3, 0.4) is 0 Å². The van der Waals surface area contributed by atoms with Gasteiger partial charge in [0.25, 0.3) is 11.6 Å². The minimum Gasteiger partial charge on any atom is -0.256 e. The van der Waals surface area contributed by atoms with Gasteiger partial charge in [0.05, 0.1) is 22.2 Å². The molecule has 264 valence electrons. The Balaban J connectivity index is 1.09. The Morgan fingerprint density at radius 1 is 0.500 bits per heavy atom. The lowest BCUT2D eigenvalue weighted by Crippen LogP contribution is -2.18. The molecular formula is C51H35N4S+. The zero-order valence-corrected chi connectivity index (χ0v) is 31.7. The quantitative estimate of drug-likeness (QED) is 0.177. The van der Waals surface area contributed by atoms with E-state index in [2.05, 4.69) is 177 Å². The number of benzene rings is 7. The van der Waals surface area contributed by atoms with Crippen molar-refractivity contribution < 1.29 is 4.98 Å². The molecule has 4 nitrogen and oxygen atoms in total. The van der Waals surface area contributed by atoms with Crippen molar-refractivity contribution in [1.82, 2.24) is 15.0 Å². The maximum Gasteiger partial charge on any atom is 0.308 e. The normalized spacial score (nSPS) is 13.0. The number of pyridine rings is 1. The predicted molar refractivity (Wildman–Crippen MR) is 232 cm³/mol. The summed E-state index contributed by atoms with van der Waals surface area (Å²) in [5.41, 5.74) is 13.5. The van der Waals surface area contributed by atoms with E-state index in [0.29, 0.717) is 5.82 Å². The number of aromatic amines is 1. The number of nitrogens with zero attached hydrogens (tertiary/aromatic N) is 3. The van der Waals surface area contributed by atoms with Crippen molar-refractivity contribution in [2.75, 3.05) is 0 Å². The Morgan fingerprint density at radius 2 is 1.16 bits per heavy atom. The first-order chi connectivity index (χ1) is 27.5. The van der Waals surface area contributed by atoms with Crippen LogP contribution < -0.4 is 4.98 Å². The minimum atomic E-state index is -0.131. The van der Waals surface area contributed by atoms with E-state index < -0.39 is 0 Å². The molecule has 0 unspecified atom stereocenters. The van der Waals surface area contributed by atoms with Gasteiger partial charge in [0.2, 0.25) is 0 Å². The highest BCUT2D eigenvalue weighted by Gasteiger charge is 2.38. The molecule has 0 saturated heterocycles. The molecule has 11 rings (SSSR count). The third-order valence-corrected chi connectivity index (χ3v) is 12.6. The number of nitrogens with one attached hydrogen (secondary N) is 1. The molecule has 10 aromatic rings. The van der Waals surface area contributed by atoms with E-state index in [1.165, 1.54) is 48.0 Å². The monoisotopic (exact) mass is 735 g/mol. The summed E-state index contributed by atoms with van der Waals surface area (Å²) in [4.78, 5) is 19.1. The number of fused-ring (bicyclic) bond motifs is 7. The molecule has 3 heterocycles. The first-order valence-electron chi connectivity index (χ1n) is 19.0. The Bertz CT molecular complexity index is 3170. The topological polar surface area (TPSA) is 52.8 Å². The number of para-hydroxylation sites is 1. The molecule has 0 amide bonds. The van der Waals surface area contributed by atoms with Crippen LogP contribution >= 0.6 is 11.3 Å². The van der Waals surface area contributed by atoms with E-state index in [4.69, 9.17) is 15.0 Å². The van der Waals surface area contributed by atoms with Crippen LogP contribution in [-0.4, -0.2) is 15.0 Å². The fourth-order valence-corrected chi connectivity index (χ4v) is 9.87. The van der Waals surface area contributed by atoms with Gasteiger partial charge in [-0.3, -0.25) is 4.98 Å². The van der Waals surface area contributed by atoms with E-state index in [1.807, 2.05) is 23.6 Å². The van der Waals surface area contributed by atoms with Crippen molar-refractivity contribution in [2.45, 2.75) is 19.3 Å². The fourth-order valence-electron chi connectivity index (χ4n) is 8.74. The molecule has 0 saturated carbocycles. The van der Waals surface area contributed by atoms with Crippen molar-refractivity contribution >= 4 is 42.4 Å². The molecule has 0 spiro atoms. The second kappa shape index (κ2) is 12.6. The largest absolute Gasteiger partial charge is 0.308 e. The number of H-pyrrole nitrogens is 1. The Morgan fingerprint density at radius 3 is 2.09 bits per heavy atom. The Hall–Kier alpha value is -6.82. The van der Waals surface area contributed by atoms with Crippen molar-refractivity contribution in [3.8, 4) is 67.5 Å². The zero-order chi connectivity index (χ0) is 37.4. The Kier molecular flexibility index (Phi) is 7.35. The average molecular weight is 736 g/mol. The molecule has 0 bridgehead atoms. The van der Waals surface area contributed by atoms with Gasteiger partial charge in [0.1, 0.15) is 0 Å². The third kappa shape index (κ3) is 5.12. The lowest BCUT2D eigenvalue weighted by atomic mass is 9.82. The summed E-state index contributed by atoms with van der Waals surface area (Å²) in [6.07, 6.45) is 1.86. The standard InChI is InChI=1S/C51H34N4S/c1-51(2)41-21-5-3-16-38(41)45-40(20-9-22-42(45)51)50-54-48(33-27-25-31(26-28-33)37-19-8-12-32-15-11-29-52-47(32)37)53-49(55-50)35-14-7-13-34(30-35)36-18-10-24-44-46(36)39-17-4-6-23-43(39)56-44/h3-30H,1-2H3/p+1. The van der Waals surface area contributed by atoms with Gasteiger partial charge in [-0.15, -0.1) is 11.3 Å². The minimum absolute atomic E-state index is 0.131. The summed E-state index contributed by atoms with van der Waals surface area (Å²) < 4.78 is 2.58. The van der Waals surface area contributed by atoms with Crippen LogP contribution in [0.5, 0.6) is 0 Å². The fraction of sp³-hybridized carbons (Fsp3) is 0.0588. The maximum atomic E-state index is 5.36. The first-order valence-corrected chi connectivity index (χ1v) is 19.8. The van der Waals surface area contributed by atoms with Gasteiger partial charge in [-0.05, 0) is 81.9 Å². The van der Waals surface area contributed by atoms with Gasteiger partial charge in [-0.2, -0.15) is 0 Å². The Labute approximate surface area is 328 Å². The summed E-state index contributed by atoms with van der Waals surface area (Å²) in [6, 6.07) is 58.5. The number of rotatable bonds is 5. The molecule has 1 N–H and O–H groups in total. The van der Waals surface area contributed by atoms with Gasteiger partial charge < -0.3 is 0 Å². The number of hydrogen-bond acceptors (Lipinski definition) is 4. The molecule has 1 aliphatic rings. The zero-order valence-electron chi connectivity index (χ0n) is 30.9. The summed E-state index contributed by atoms with van der Waals surface area (Å²) >= 11 is 1.84. The summed E-state index contributed by atoms with van der Waals surface area (Å²) in [5.74, 6) is 2.21. The van der Waals surface area contributed by atoms with Crippen LogP contribution in [0.25, 0.3) is 98.6 Å². The number of thiophene rings is 1. The van der Waals surface area contributed by atoms with Crippen LogP contribution in [0.1, 0.15) is 25.0 Å². The van der Waals surface area contributed by atoms with Crippen LogP contribution in [0.2, 0.25) is 0 Å². The second-order valence-corrected chi connectivity index (χ2v) is 16.2. The maximum absolute atomic E-state index is 5.36. The van der Waals surface area contributed by atoms with Gasteiger partial charge in [-0.1, -0.05) is 139 Å². The highest BCUT2D eigenvalue weighted by Crippen LogP contribution is 2.51. The van der Waals surface area contributed by atoms with E-state index in [0.717, 1.165) is 55.9 Å². The van der Waals surface area contributed by atoms with Gasteiger partial charge in [-0.25, -0.2) is 4.98 Å². The lowest BCUT2D eigenvalue weighted by Gasteiger charge is -2.21. The van der Waals surface area contributed by atoms with Crippen LogP contribution in [-0.2, 0) is 5.41 Å². The molecule has 0 fully saturated rings. The van der Waals surface area contributed by atoms with Gasteiger partial charge in [0.15, 0.2) is 0 Å². The van der Waals surface area contributed by atoms with E-state index in [1.54, 1.807) is 0 Å². The molecule has 5 heteroatoms. The molecular weight excluding hydrogens is 701 g/mol. The van der Waals surface area contributed by atoms with Crippen LogP contribution in [0, 0.1) is 0 Å². The van der Waals surface area contributed by atoms with Crippen molar-refractivity contribution in [2.24, 2.45) is 0 Å². The molecule has 3 aromatic heterocycles. The lowest BCUT2D eigenvalue weighted by molar-refractivity contribution is -0.359. The van der Waals surface area contributed by atoms with Crippen molar-refractivity contribution in [3.63, 3.8) is 0 Å². The first kappa shape index (κ1) is 32.6. The molecule has 0 atom stereocenters. The van der Waals surface area contributed by atoms with Gasteiger partial charge >= 0.3 is 5.82 Å². The smallest absolute Gasteiger partial charge is 0.256 e. The summed E-state index contributed by atoms with van der Waals surface area (Å²) in [5, 5.41) is 3.70. The third-order valence-electron chi connectivity index (χ3n) is 11.5. The van der Waals surface area contributed by atoms with Crippen LogP contribution in [0.4, 0.5) is 0 Å². The van der Waals surface area contributed by atoms with Gasteiger partial charge in [0, 0.05) is 48.3 Å². The molecule has 7 aromatic carbocycles. The summed E-state index contributed by atoms with van der Waals surface area (Å²) in [6.45, 7) is 4.63. The second-order valence-electron chi connectivity index (χ2n) is 15.1. The molecule has 0 radical (unpaired) electrons. The highest BCUT2D eigenvalue weighted by molar-refractivity contribution is 7.25. The highest BCUT2D eigenvalue weighted by atomic mass is 32.1. The molecule has 56 heavy (non-hydrogen) atoms. The summed E-state index contributed by atoms with van der Waals surface area (Å²) in [7, 11) is 0. The van der Waals surface area contributed by atoms with E-state index in [9.17, 15) is 0 Å². The average Bonchev–Trinajstić information content (AvgIpc) is 3.75. The van der Waals surface area contributed by atoms with Crippen LogP contribution in [0.15, 0.2) is 170 Å². The number of hydrogen-bond donors (Lipinski definition) is 0. The predicted octanol–water partition coefficient (Wildman–Crippen LogP) is 12.8. The molecule has 1 aliphatic carbocycles. The molecule has 0 aliphatic heterocycles.